The van der Waals surface area contributed by atoms with Gasteiger partial charge >= 0.3 is 0 Å². The van der Waals surface area contributed by atoms with Crippen LogP contribution >= 0.6 is 11.3 Å². The molecule has 0 aliphatic heterocycles. The molecule has 3 aromatic rings. The van der Waals surface area contributed by atoms with Gasteiger partial charge in [-0.3, -0.25) is 4.79 Å². The number of methoxy groups -OCH3 is 2. The number of carbonyl (C=O) groups excluding carboxylic acids is 1. The van der Waals surface area contributed by atoms with E-state index < -0.39 is 0 Å². The van der Waals surface area contributed by atoms with Crippen molar-refractivity contribution in [2.24, 2.45) is 0 Å². The SMILES string of the molecule is COc1ccc(C(C)NC(=O)c2cc(-c3cccs3)on2)cc1OC. The Labute approximate surface area is 149 Å². The van der Waals surface area contributed by atoms with Crippen molar-refractivity contribution in [3.63, 3.8) is 0 Å². The molecule has 0 bridgehead atoms. The molecule has 7 heteroatoms. The van der Waals surface area contributed by atoms with E-state index in [1.165, 1.54) is 11.3 Å². The van der Waals surface area contributed by atoms with Crippen molar-refractivity contribution >= 4 is 17.2 Å². The van der Waals surface area contributed by atoms with Crippen LogP contribution in [0.15, 0.2) is 46.3 Å². The van der Waals surface area contributed by atoms with Gasteiger partial charge in [0.15, 0.2) is 23.0 Å². The van der Waals surface area contributed by atoms with Gasteiger partial charge in [-0.1, -0.05) is 17.3 Å². The Kier molecular flexibility index (Phi) is 5.04. The van der Waals surface area contributed by atoms with Gasteiger partial charge in [-0.05, 0) is 36.1 Å². The molecule has 25 heavy (non-hydrogen) atoms. The maximum atomic E-state index is 12.4. The van der Waals surface area contributed by atoms with Crippen LogP contribution in [0.5, 0.6) is 11.5 Å². The lowest BCUT2D eigenvalue weighted by atomic mass is 10.1. The summed E-state index contributed by atoms with van der Waals surface area (Å²) in [5.74, 6) is 1.54. The van der Waals surface area contributed by atoms with E-state index in [1.807, 2.05) is 42.6 Å². The van der Waals surface area contributed by atoms with E-state index in [-0.39, 0.29) is 17.6 Å². The highest BCUT2D eigenvalue weighted by atomic mass is 32.1. The first-order chi connectivity index (χ1) is 12.1. The van der Waals surface area contributed by atoms with Crippen molar-refractivity contribution in [2.45, 2.75) is 13.0 Å². The predicted octanol–water partition coefficient (Wildman–Crippen LogP) is 3.91. The van der Waals surface area contributed by atoms with Crippen molar-refractivity contribution in [2.75, 3.05) is 14.2 Å². The van der Waals surface area contributed by atoms with E-state index >= 15 is 0 Å². The molecule has 0 fully saturated rings. The highest BCUT2D eigenvalue weighted by Crippen LogP contribution is 2.30. The van der Waals surface area contributed by atoms with Crippen LogP contribution in [0, 0.1) is 0 Å². The predicted molar refractivity (Wildman–Crippen MR) is 95.2 cm³/mol. The first kappa shape index (κ1) is 17.0. The Morgan fingerprint density at radius 3 is 2.68 bits per heavy atom. The minimum Gasteiger partial charge on any atom is -0.493 e. The molecule has 6 nitrogen and oxygen atoms in total. The van der Waals surface area contributed by atoms with Crippen LogP contribution in [-0.2, 0) is 0 Å². The molecule has 1 unspecified atom stereocenters. The maximum Gasteiger partial charge on any atom is 0.273 e. The van der Waals surface area contributed by atoms with Crippen LogP contribution < -0.4 is 14.8 Å². The lowest BCUT2D eigenvalue weighted by Gasteiger charge is -2.15. The minimum atomic E-state index is -0.297. The van der Waals surface area contributed by atoms with E-state index in [9.17, 15) is 4.79 Å². The number of benzene rings is 1. The molecule has 3 rings (SSSR count). The summed E-state index contributed by atoms with van der Waals surface area (Å²) < 4.78 is 15.8. The van der Waals surface area contributed by atoms with Crippen molar-refractivity contribution < 1.29 is 18.8 Å². The molecule has 1 N–H and O–H groups in total. The lowest BCUT2D eigenvalue weighted by molar-refractivity contribution is 0.0930. The van der Waals surface area contributed by atoms with Gasteiger partial charge in [-0.15, -0.1) is 11.3 Å². The fourth-order valence-electron chi connectivity index (χ4n) is 2.39. The van der Waals surface area contributed by atoms with Gasteiger partial charge in [-0.25, -0.2) is 0 Å². The van der Waals surface area contributed by atoms with Gasteiger partial charge in [0.1, 0.15) is 0 Å². The van der Waals surface area contributed by atoms with Crippen molar-refractivity contribution in [3.05, 3.63) is 53.0 Å². The van der Waals surface area contributed by atoms with Crippen LogP contribution in [0.3, 0.4) is 0 Å². The summed E-state index contributed by atoms with van der Waals surface area (Å²) in [4.78, 5) is 13.3. The van der Waals surface area contributed by atoms with Crippen molar-refractivity contribution in [1.82, 2.24) is 10.5 Å². The maximum absolute atomic E-state index is 12.4. The second-order valence-electron chi connectivity index (χ2n) is 5.36. The molecule has 0 radical (unpaired) electrons. The van der Waals surface area contributed by atoms with E-state index in [0.717, 1.165) is 10.4 Å². The second-order valence-corrected chi connectivity index (χ2v) is 6.31. The number of nitrogens with one attached hydrogen (secondary N) is 1. The van der Waals surface area contributed by atoms with Crippen LogP contribution in [0.2, 0.25) is 0 Å². The number of thiophene rings is 1. The summed E-state index contributed by atoms with van der Waals surface area (Å²) in [7, 11) is 3.16. The molecule has 0 saturated heterocycles. The van der Waals surface area contributed by atoms with Crippen LogP contribution in [0.4, 0.5) is 0 Å². The van der Waals surface area contributed by atoms with E-state index in [2.05, 4.69) is 10.5 Å². The Morgan fingerprint density at radius 2 is 2.00 bits per heavy atom. The number of ether oxygens (including phenoxy) is 2. The van der Waals surface area contributed by atoms with Crippen LogP contribution in [-0.4, -0.2) is 25.3 Å². The molecule has 130 valence electrons. The zero-order chi connectivity index (χ0) is 17.8. The molecular weight excluding hydrogens is 340 g/mol. The molecule has 1 aromatic carbocycles. The molecule has 2 heterocycles. The average molecular weight is 358 g/mol. The van der Waals surface area contributed by atoms with Crippen molar-refractivity contribution in [1.29, 1.82) is 0 Å². The van der Waals surface area contributed by atoms with Gasteiger partial charge in [0.05, 0.1) is 25.1 Å². The number of hydrogen-bond acceptors (Lipinski definition) is 6. The monoisotopic (exact) mass is 358 g/mol. The summed E-state index contributed by atoms with van der Waals surface area (Å²) >= 11 is 1.53. The van der Waals surface area contributed by atoms with Crippen molar-refractivity contribution in [3.8, 4) is 22.1 Å². The van der Waals surface area contributed by atoms with Gasteiger partial charge < -0.3 is 19.3 Å². The zero-order valence-electron chi connectivity index (χ0n) is 14.1. The first-order valence-electron chi connectivity index (χ1n) is 7.65. The van der Waals surface area contributed by atoms with Crippen LogP contribution in [0.1, 0.15) is 29.0 Å². The summed E-state index contributed by atoms with van der Waals surface area (Å²) in [5, 5.41) is 8.70. The number of aromatic nitrogens is 1. The normalized spacial score (nSPS) is 11.8. The summed E-state index contributed by atoms with van der Waals surface area (Å²) in [5.41, 5.74) is 1.14. The minimum absolute atomic E-state index is 0.228. The molecule has 0 spiro atoms. The quantitative estimate of drug-likeness (QED) is 0.723. The highest BCUT2D eigenvalue weighted by molar-refractivity contribution is 7.13. The molecule has 0 aliphatic rings. The largest absolute Gasteiger partial charge is 0.493 e. The molecule has 1 amide bonds. The fraction of sp³-hybridized carbons (Fsp3) is 0.222. The molecular formula is C18H18N2O4S. The van der Waals surface area contributed by atoms with Crippen LogP contribution in [0.25, 0.3) is 10.6 Å². The third-order valence-electron chi connectivity index (χ3n) is 3.76. The third kappa shape index (κ3) is 3.66. The number of amides is 1. The first-order valence-corrected chi connectivity index (χ1v) is 8.53. The third-order valence-corrected chi connectivity index (χ3v) is 4.65. The highest BCUT2D eigenvalue weighted by Gasteiger charge is 2.18. The lowest BCUT2D eigenvalue weighted by Crippen LogP contribution is -2.26. The average Bonchev–Trinajstić information content (AvgIpc) is 3.32. The molecule has 1 atom stereocenters. The molecule has 0 saturated carbocycles. The van der Waals surface area contributed by atoms with Gasteiger partial charge in [0, 0.05) is 6.07 Å². The number of nitrogens with zero attached hydrogens (tertiary/aromatic N) is 1. The zero-order valence-corrected chi connectivity index (χ0v) is 14.9. The van der Waals surface area contributed by atoms with E-state index in [0.29, 0.717) is 17.3 Å². The second kappa shape index (κ2) is 7.40. The Morgan fingerprint density at radius 1 is 1.20 bits per heavy atom. The van der Waals surface area contributed by atoms with Gasteiger partial charge in [0.25, 0.3) is 5.91 Å². The fourth-order valence-corrected chi connectivity index (χ4v) is 3.07. The number of carbonyl (C=O) groups is 1. The molecule has 2 aromatic heterocycles. The Balaban J connectivity index is 1.72. The standard InChI is InChI=1S/C18H18N2O4S/c1-11(12-6-7-14(22-2)15(9-12)23-3)19-18(21)13-10-16(24-20-13)17-5-4-8-25-17/h4-11H,1-3H3,(H,19,21). The van der Waals surface area contributed by atoms with Gasteiger partial charge in [-0.2, -0.15) is 0 Å². The smallest absolute Gasteiger partial charge is 0.273 e. The van der Waals surface area contributed by atoms with E-state index in [4.69, 9.17) is 14.0 Å². The Bertz CT molecular complexity index is 858. The van der Waals surface area contributed by atoms with Gasteiger partial charge in [0.2, 0.25) is 0 Å². The summed E-state index contributed by atoms with van der Waals surface area (Å²) in [6.45, 7) is 1.89. The number of hydrogen-bond donors (Lipinski definition) is 1. The topological polar surface area (TPSA) is 73.6 Å². The summed E-state index contributed by atoms with van der Waals surface area (Å²) in [6, 6.07) is 10.8. The molecule has 0 aliphatic carbocycles. The summed E-state index contributed by atoms with van der Waals surface area (Å²) in [6.07, 6.45) is 0. The Hall–Kier alpha value is -2.80. The number of rotatable bonds is 6. The van der Waals surface area contributed by atoms with E-state index in [1.54, 1.807) is 20.3 Å².